The van der Waals surface area contributed by atoms with Crippen molar-refractivity contribution in [2.24, 2.45) is 5.92 Å². The summed E-state index contributed by atoms with van der Waals surface area (Å²) in [6.07, 6.45) is -6.65. The lowest BCUT2D eigenvalue weighted by Gasteiger charge is -2.48. The van der Waals surface area contributed by atoms with Crippen LogP contribution in [0.4, 0.5) is 14.5 Å². The zero-order valence-corrected chi connectivity index (χ0v) is 22.5. The molecule has 2 fully saturated rings. The van der Waals surface area contributed by atoms with Crippen LogP contribution in [-0.2, 0) is 9.53 Å². The van der Waals surface area contributed by atoms with Crippen LogP contribution in [0.3, 0.4) is 0 Å². The van der Waals surface area contributed by atoms with E-state index in [9.17, 15) is 39.1 Å². The third kappa shape index (κ3) is 6.17. The average Bonchev–Trinajstić information content (AvgIpc) is 3.00. The van der Waals surface area contributed by atoms with Crippen LogP contribution < -0.4 is 9.64 Å². The highest BCUT2D eigenvalue weighted by Crippen LogP contribution is 2.46. The maximum atomic E-state index is 13.6. The number of hydrogen-bond acceptors (Lipinski definition) is 8. The van der Waals surface area contributed by atoms with Crippen LogP contribution in [0.1, 0.15) is 36.1 Å². The first kappa shape index (κ1) is 30.0. The van der Waals surface area contributed by atoms with Gasteiger partial charge in [0.1, 0.15) is 54.5 Å². The Morgan fingerprint density at radius 2 is 1.43 bits per heavy atom. The Morgan fingerprint density at radius 1 is 0.833 bits per heavy atom. The second kappa shape index (κ2) is 12.8. The molecule has 9 nitrogen and oxygen atoms in total. The van der Waals surface area contributed by atoms with E-state index in [0.717, 1.165) is 5.56 Å². The number of anilines is 1. The summed E-state index contributed by atoms with van der Waals surface area (Å²) < 4.78 is 38.1. The van der Waals surface area contributed by atoms with Gasteiger partial charge >= 0.3 is 0 Å². The molecular weight excluding hydrogens is 552 g/mol. The molecule has 3 aromatic carbocycles. The van der Waals surface area contributed by atoms with Crippen molar-refractivity contribution in [2.45, 2.75) is 55.5 Å². The van der Waals surface area contributed by atoms with Crippen molar-refractivity contribution in [3.63, 3.8) is 0 Å². The van der Waals surface area contributed by atoms with Crippen LogP contribution in [0.25, 0.3) is 0 Å². The van der Waals surface area contributed by atoms with Gasteiger partial charge in [0.25, 0.3) is 0 Å². The molecule has 11 heteroatoms. The Labute approximate surface area is 241 Å². The van der Waals surface area contributed by atoms with Gasteiger partial charge in [-0.05, 0) is 72.5 Å². The van der Waals surface area contributed by atoms with E-state index in [1.165, 1.54) is 48.5 Å². The van der Waals surface area contributed by atoms with Crippen molar-refractivity contribution < 1.29 is 48.6 Å². The summed E-state index contributed by atoms with van der Waals surface area (Å²) in [6, 6.07) is 17.7. The molecular formula is C31H33F2NO8. The fourth-order valence-corrected chi connectivity index (χ4v) is 5.55. The molecule has 0 saturated carbocycles. The maximum absolute atomic E-state index is 13.6. The Morgan fingerprint density at radius 3 is 2.05 bits per heavy atom. The number of carbonyl (C=O) groups is 1. The molecule has 1 amide bonds. The summed E-state index contributed by atoms with van der Waals surface area (Å²) in [5.74, 6) is -1.05. The quantitative estimate of drug-likeness (QED) is 0.229. The highest BCUT2D eigenvalue weighted by atomic mass is 19.1. The van der Waals surface area contributed by atoms with Crippen LogP contribution in [0.15, 0.2) is 72.8 Å². The van der Waals surface area contributed by atoms with Gasteiger partial charge in [-0.2, -0.15) is 0 Å². The molecule has 0 spiro atoms. The number of aliphatic hydroxyl groups excluding tert-OH is 5. The van der Waals surface area contributed by atoms with Gasteiger partial charge in [-0.1, -0.05) is 24.3 Å². The monoisotopic (exact) mass is 585 g/mol. The van der Waals surface area contributed by atoms with Crippen LogP contribution in [0, 0.1) is 17.6 Å². The fraction of sp³-hybridized carbons (Fsp3) is 0.387. The van der Waals surface area contributed by atoms with Gasteiger partial charge in [0.05, 0.1) is 24.7 Å². The van der Waals surface area contributed by atoms with E-state index < -0.39 is 66.8 Å². The van der Waals surface area contributed by atoms with Gasteiger partial charge in [-0.25, -0.2) is 8.78 Å². The van der Waals surface area contributed by atoms with Crippen molar-refractivity contribution in [3.8, 4) is 5.75 Å². The number of benzene rings is 3. The molecule has 0 radical (unpaired) electrons. The van der Waals surface area contributed by atoms with E-state index in [2.05, 4.69) is 0 Å². The Hall–Kier alpha value is -3.45. The largest absolute Gasteiger partial charge is 0.491 e. The fourth-order valence-electron chi connectivity index (χ4n) is 5.55. The SMILES string of the molecule is O=C1[C@H](CC[C@H](O)c2ccc(F)cc2)[C@@H](c2ccc(OCC3OC(CO)C(O)C(O)C3O)cc2)N1c1ccc(F)cc1. The van der Waals surface area contributed by atoms with Gasteiger partial charge in [-0.15, -0.1) is 0 Å². The van der Waals surface area contributed by atoms with Crippen LogP contribution >= 0.6 is 0 Å². The number of aliphatic hydroxyl groups is 5. The molecule has 42 heavy (non-hydrogen) atoms. The minimum atomic E-state index is -1.50. The summed E-state index contributed by atoms with van der Waals surface area (Å²) >= 11 is 0. The molecule has 5 N–H and O–H groups in total. The first-order chi connectivity index (χ1) is 20.2. The van der Waals surface area contributed by atoms with Gasteiger partial charge in [-0.3, -0.25) is 4.79 Å². The van der Waals surface area contributed by atoms with Crippen LogP contribution in [0.2, 0.25) is 0 Å². The van der Waals surface area contributed by atoms with Crippen LogP contribution in [0.5, 0.6) is 5.75 Å². The van der Waals surface area contributed by atoms with E-state index >= 15 is 0 Å². The normalized spacial score (nSPS) is 28.3. The van der Waals surface area contributed by atoms with Crippen molar-refractivity contribution in [1.82, 2.24) is 0 Å². The highest BCUT2D eigenvalue weighted by Gasteiger charge is 2.48. The highest BCUT2D eigenvalue weighted by molar-refractivity contribution is 6.03. The lowest BCUT2D eigenvalue weighted by molar-refractivity contribution is -0.234. The number of hydrogen-bond donors (Lipinski definition) is 5. The molecule has 224 valence electrons. The number of rotatable bonds is 10. The minimum absolute atomic E-state index is 0.158. The maximum Gasteiger partial charge on any atom is 0.233 e. The van der Waals surface area contributed by atoms with Crippen molar-refractivity contribution in [1.29, 1.82) is 0 Å². The molecule has 0 aromatic heterocycles. The molecule has 5 rings (SSSR count). The zero-order chi connectivity index (χ0) is 30.0. The number of ether oxygens (including phenoxy) is 2. The molecule has 5 unspecified atom stereocenters. The first-order valence-electron chi connectivity index (χ1n) is 13.7. The molecule has 8 atom stereocenters. The minimum Gasteiger partial charge on any atom is -0.491 e. The topological polar surface area (TPSA) is 140 Å². The van der Waals surface area contributed by atoms with Crippen molar-refractivity contribution >= 4 is 11.6 Å². The predicted molar refractivity (Wildman–Crippen MR) is 146 cm³/mol. The van der Waals surface area contributed by atoms with E-state index in [1.54, 1.807) is 29.2 Å². The molecule has 2 heterocycles. The Bertz CT molecular complexity index is 1340. The lowest BCUT2D eigenvalue weighted by Crippen LogP contribution is -2.59. The number of nitrogens with zero attached hydrogens (tertiary/aromatic N) is 1. The van der Waals surface area contributed by atoms with E-state index in [1.807, 2.05) is 0 Å². The second-order valence-electron chi connectivity index (χ2n) is 10.6. The number of carbonyl (C=O) groups excluding carboxylic acids is 1. The van der Waals surface area contributed by atoms with E-state index in [4.69, 9.17) is 9.47 Å². The summed E-state index contributed by atoms with van der Waals surface area (Å²) in [7, 11) is 0. The summed E-state index contributed by atoms with van der Waals surface area (Å²) in [5, 5.41) is 50.2. The number of amides is 1. The molecule has 2 aliphatic rings. The molecule has 3 aromatic rings. The summed E-state index contributed by atoms with van der Waals surface area (Å²) in [5.41, 5.74) is 1.86. The van der Waals surface area contributed by atoms with Crippen LogP contribution in [-0.4, -0.2) is 75.2 Å². The predicted octanol–water partition coefficient (Wildman–Crippen LogP) is 2.40. The molecule has 0 bridgehead atoms. The molecule has 2 aliphatic heterocycles. The zero-order valence-electron chi connectivity index (χ0n) is 22.5. The summed E-state index contributed by atoms with van der Waals surface area (Å²) in [4.78, 5) is 14.9. The average molecular weight is 586 g/mol. The third-order valence-electron chi connectivity index (χ3n) is 7.95. The standard InChI is InChI=1S/C31H33F2NO8/c32-19-5-1-17(2-6-19)24(36)14-13-23-27(34(31(23)40)21-9-7-20(33)8-10-21)18-3-11-22(12-4-18)41-16-26-29(38)30(39)28(37)25(15-35)42-26/h1-12,23-30,35-39H,13-16H2/t23-,24+,25?,26?,27-,28?,29?,30?/m1/s1. The first-order valence-corrected chi connectivity index (χ1v) is 13.7. The number of halogens is 2. The third-order valence-corrected chi connectivity index (χ3v) is 7.95. The Kier molecular flexibility index (Phi) is 9.16. The smallest absolute Gasteiger partial charge is 0.233 e. The van der Waals surface area contributed by atoms with Crippen molar-refractivity contribution in [2.75, 3.05) is 18.1 Å². The van der Waals surface area contributed by atoms with Gasteiger partial charge in [0, 0.05) is 5.69 Å². The Balaban J connectivity index is 1.29. The van der Waals surface area contributed by atoms with Gasteiger partial charge in [0.15, 0.2) is 0 Å². The van der Waals surface area contributed by atoms with Crippen molar-refractivity contribution in [3.05, 3.63) is 95.6 Å². The van der Waals surface area contributed by atoms with E-state index in [0.29, 0.717) is 23.4 Å². The molecule has 0 aliphatic carbocycles. The number of β-lactam (4-membered cyclic amide) rings is 1. The molecule has 2 saturated heterocycles. The van der Waals surface area contributed by atoms with Gasteiger partial charge in [0.2, 0.25) is 5.91 Å². The van der Waals surface area contributed by atoms with Gasteiger partial charge < -0.3 is 39.9 Å². The summed E-state index contributed by atoms with van der Waals surface area (Å²) in [6.45, 7) is -0.697. The lowest BCUT2D eigenvalue weighted by atomic mass is 9.78. The second-order valence-corrected chi connectivity index (χ2v) is 10.6. The van der Waals surface area contributed by atoms with E-state index in [-0.39, 0.29) is 18.9 Å².